The molecule has 4 rings (SSSR count). The van der Waals surface area contributed by atoms with E-state index in [9.17, 15) is 23.2 Å². The van der Waals surface area contributed by atoms with E-state index in [1.165, 1.54) is 24.3 Å². The van der Waals surface area contributed by atoms with Gasteiger partial charge in [0.05, 0.1) is 30.6 Å². The topological polar surface area (TPSA) is 101 Å². The number of carbonyl (C=O) groups is 1. The molecule has 0 spiro atoms. The Morgan fingerprint density at radius 3 is 2.57 bits per heavy atom. The number of nitrogens with one attached hydrogen (secondary N) is 4. The summed E-state index contributed by atoms with van der Waals surface area (Å²) in [6, 6.07) is 5.78. The number of anilines is 1. The molecule has 0 aromatic heterocycles. The molecule has 37 heavy (non-hydrogen) atoms. The second kappa shape index (κ2) is 10.4. The van der Waals surface area contributed by atoms with Crippen molar-refractivity contribution in [3.8, 4) is 6.07 Å². The maximum atomic E-state index is 15.3. The summed E-state index contributed by atoms with van der Waals surface area (Å²) in [4.78, 5) is 12.9. The van der Waals surface area contributed by atoms with Crippen LogP contribution >= 0.6 is 0 Å². The van der Waals surface area contributed by atoms with Crippen LogP contribution in [0.3, 0.4) is 0 Å². The smallest absolute Gasteiger partial charge is 0.378 e. The summed E-state index contributed by atoms with van der Waals surface area (Å²) in [6.45, 7) is 5.60. The molecule has 1 amide bonds. The average Bonchev–Trinajstić information content (AvgIpc) is 3.19. The highest BCUT2D eigenvalue weighted by Crippen LogP contribution is 2.41. The van der Waals surface area contributed by atoms with Gasteiger partial charge >= 0.3 is 6.18 Å². The number of fused-ring (bicyclic) bond motifs is 1. The fourth-order valence-corrected chi connectivity index (χ4v) is 5.56. The van der Waals surface area contributed by atoms with Gasteiger partial charge in [-0.2, -0.15) is 18.4 Å². The van der Waals surface area contributed by atoms with Gasteiger partial charge in [0.15, 0.2) is 0 Å². The van der Waals surface area contributed by atoms with Crippen LogP contribution in [0.1, 0.15) is 51.6 Å². The van der Waals surface area contributed by atoms with E-state index >= 15 is 4.39 Å². The van der Waals surface area contributed by atoms with E-state index in [-0.39, 0.29) is 30.5 Å². The molecule has 3 heterocycles. The van der Waals surface area contributed by atoms with E-state index in [0.29, 0.717) is 31.7 Å². The Balaban J connectivity index is 1.58. The molecule has 6 atom stereocenters. The van der Waals surface area contributed by atoms with Crippen LogP contribution in [-0.2, 0) is 9.53 Å². The normalized spacial score (nSPS) is 31.8. The molecule has 3 aliphatic heterocycles. The molecule has 3 saturated heterocycles. The summed E-state index contributed by atoms with van der Waals surface area (Å²) in [5.41, 5.74) is 1.93. The molecular weight excluding hydrogens is 492 g/mol. The van der Waals surface area contributed by atoms with Crippen molar-refractivity contribution in [1.82, 2.24) is 21.1 Å². The van der Waals surface area contributed by atoms with E-state index < -0.39 is 41.6 Å². The molecule has 4 N–H and O–H groups in total. The number of rotatable bonds is 6. The molecule has 1 aromatic rings. The number of hydrogen-bond acceptors (Lipinski definition) is 7. The molecule has 204 valence electrons. The standard InChI is InChI=1S/C25H34F4N6O2/c1-23(2,3)33-20(25(27,28)29)15-4-6-16(7-5-15)32-21-19-17(8-12-31-22(19)36)35(34-21)24(9-11-30)10-13-37-14-18(24)26/h4-7,17-21,32-34H,8-10,12-14H2,1-3H3,(H,31,36)/t17?,18-,19?,20+,21?,24+/m1/s1. The van der Waals surface area contributed by atoms with Crippen LogP contribution in [0.25, 0.3) is 0 Å². The lowest BCUT2D eigenvalue weighted by molar-refractivity contribution is -0.161. The third-order valence-corrected chi connectivity index (χ3v) is 7.29. The van der Waals surface area contributed by atoms with Crippen molar-refractivity contribution in [3.05, 3.63) is 29.8 Å². The number of nitrogens with zero attached hydrogens (tertiary/aromatic N) is 2. The van der Waals surface area contributed by atoms with Crippen molar-refractivity contribution in [1.29, 1.82) is 5.26 Å². The maximum Gasteiger partial charge on any atom is 0.407 e. The molecule has 3 aliphatic rings. The molecule has 12 heteroatoms. The van der Waals surface area contributed by atoms with E-state index in [2.05, 4.69) is 27.4 Å². The SMILES string of the molecule is CC(C)(C)N[C@@H](c1ccc(NC2NN([C@@]3(CC#N)CCOC[C@H]3F)C3CCNC(=O)C23)cc1)C(F)(F)F. The zero-order valence-electron chi connectivity index (χ0n) is 21.2. The van der Waals surface area contributed by atoms with Crippen LogP contribution in [-0.4, -0.2) is 66.3 Å². The number of ether oxygens (including phenoxy) is 1. The summed E-state index contributed by atoms with van der Waals surface area (Å²) >= 11 is 0. The van der Waals surface area contributed by atoms with Crippen molar-refractivity contribution < 1.29 is 27.1 Å². The van der Waals surface area contributed by atoms with E-state index in [4.69, 9.17) is 4.74 Å². The summed E-state index contributed by atoms with van der Waals surface area (Å²) < 4.78 is 61.8. The highest BCUT2D eigenvalue weighted by atomic mass is 19.4. The Labute approximate surface area is 214 Å². The van der Waals surface area contributed by atoms with Crippen LogP contribution in [0.4, 0.5) is 23.2 Å². The molecule has 0 saturated carbocycles. The number of amides is 1. The lowest BCUT2D eigenvalue weighted by Crippen LogP contribution is -2.65. The largest absolute Gasteiger partial charge is 0.407 e. The van der Waals surface area contributed by atoms with Crippen molar-refractivity contribution in [2.75, 3.05) is 25.1 Å². The third-order valence-electron chi connectivity index (χ3n) is 7.29. The van der Waals surface area contributed by atoms with Crippen molar-refractivity contribution in [2.45, 2.75) is 81.7 Å². The first kappa shape index (κ1) is 27.6. The van der Waals surface area contributed by atoms with Gasteiger partial charge in [-0.05, 0) is 51.3 Å². The second-order valence-electron chi connectivity index (χ2n) is 11.0. The number of hydrogen-bond donors (Lipinski definition) is 4. The fourth-order valence-electron chi connectivity index (χ4n) is 5.56. The highest BCUT2D eigenvalue weighted by molar-refractivity contribution is 5.82. The van der Waals surface area contributed by atoms with Crippen LogP contribution in [0.2, 0.25) is 0 Å². The van der Waals surface area contributed by atoms with Crippen LogP contribution in [0.5, 0.6) is 0 Å². The Bertz CT molecular complexity index is 1010. The molecule has 0 radical (unpaired) electrons. The van der Waals surface area contributed by atoms with Gasteiger partial charge in [0.25, 0.3) is 0 Å². The third kappa shape index (κ3) is 5.70. The number of hydrazine groups is 1. The van der Waals surface area contributed by atoms with Crippen molar-refractivity contribution >= 4 is 11.6 Å². The van der Waals surface area contributed by atoms with Gasteiger partial charge in [-0.1, -0.05) is 12.1 Å². The minimum absolute atomic E-state index is 0.0673. The van der Waals surface area contributed by atoms with Gasteiger partial charge in [-0.3, -0.25) is 10.1 Å². The van der Waals surface area contributed by atoms with E-state index in [0.717, 1.165) is 0 Å². The summed E-state index contributed by atoms with van der Waals surface area (Å²) in [7, 11) is 0. The van der Waals surface area contributed by atoms with Gasteiger partial charge in [0.2, 0.25) is 5.91 Å². The molecule has 3 fully saturated rings. The van der Waals surface area contributed by atoms with Gasteiger partial charge in [0, 0.05) is 30.4 Å². The Morgan fingerprint density at radius 1 is 1.27 bits per heavy atom. The number of alkyl halides is 4. The maximum absolute atomic E-state index is 15.3. The van der Waals surface area contributed by atoms with E-state index in [1.54, 1.807) is 25.8 Å². The number of benzene rings is 1. The van der Waals surface area contributed by atoms with Crippen LogP contribution < -0.4 is 21.4 Å². The Morgan fingerprint density at radius 2 is 1.97 bits per heavy atom. The van der Waals surface area contributed by atoms with Crippen molar-refractivity contribution in [3.63, 3.8) is 0 Å². The number of piperidine rings is 1. The average molecular weight is 527 g/mol. The predicted octanol–water partition coefficient (Wildman–Crippen LogP) is 3.15. The predicted molar refractivity (Wildman–Crippen MR) is 129 cm³/mol. The summed E-state index contributed by atoms with van der Waals surface area (Å²) in [5.74, 6) is -0.800. The molecule has 8 nitrogen and oxygen atoms in total. The van der Waals surface area contributed by atoms with Gasteiger partial charge in [0.1, 0.15) is 18.4 Å². The first-order valence-corrected chi connectivity index (χ1v) is 12.5. The first-order valence-electron chi connectivity index (χ1n) is 12.5. The quantitative estimate of drug-likeness (QED) is 0.423. The monoisotopic (exact) mass is 526 g/mol. The lowest BCUT2D eigenvalue weighted by Gasteiger charge is -2.48. The molecule has 0 aliphatic carbocycles. The second-order valence-corrected chi connectivity index (χ2v) is 11.0. The van der Waals surface area contributed by atoms with Crippen LogP contribution in [0, 0.1) is 17.2 Å². The summed E-state index contributed by atoms with van der Waals surface area (Å²) in [6.07, 6.45) is -5.77. The first-order chi connectivity index (χ1) is 17.4. The number of carbonyl (C=O) groups excluding carboxylic acids is 1. The minimum atomic E-state index is -4.48. The zero-order valence-corrected chi connectivity index (χ0v) is 21.2. The zero-order chi connectivity index (χ0) is 27.0. The number of nitriles is 1. The van der Waals surface area contributed by atoms with Crippen molar-refractivity contribution in [2.24, 2.45) is 5.92 Å². The fraction of sp³-hybridized carbons (Fsp3) is 0.680. The Hall–Kier alpha value is -2.46. The van der Waals surface area contributed by atoms with Gasteiger partial charge in [-0.25, -0.2) is 14.8 Å². The van der Waals surface area contributed by atoms with E-state index in [1.807, 2.05) is 0 Å². The van der Waals surface area contributed by atoms with Gasteiger partial charge < -0.3 is 15.4 Å². The Kier molecular flexibility index (Phi) is 7.72. The van der Waals surface area contributed by atoms with Gasteiger partial charge in [-0.15, -0.1) is 0 Å². The van der Waals surface area contributed by atoms with Crippen LogP contribution in [0.15, 0.2) is 24.3 Å². The lowest BCUT2D eigenvalue weighted by atomic mass is 9.81. The molecular formula is C25H34F4N6O2. The molecule has 0 bridgehead atoms. The molecule has 1 aromatic carbocycles. The minimum Gasteiger partial charge on any atom is -0.378 e. The highest BCUT2D eigenvalue weighted by Gasteiger charge is 2.58. The molecule has 3 unspecified atom stereocenters. The number of halogens is 4. The summed E-state index contributed by atoms with van der Waals surface area (Å²) in [5, 5.41) is 19.9.